The van der Waals surface area contributed by atoms with Gasteiger partial charge >= 0.3 is 6.03 Å². The summed E-state index contributed by atoms with van der Waals surface area (Å²) in [5, 5.41) is 4.08. The van der Waals surface area contributed by atoms with Crippen LogP contribution in [0.2, 0.25) is 0 Å². The molecule has 1 aromatic rings. The summed E-state index contributed by atoms with van der Waals surface area (Å²) in [7, 11) is 0. The van der Waals surface area contributed by atoms with E-state index >= 15 is 0 Å². The van der Waals surface area contributed by atoms with E-state index in [0.29, 0.717) is 18.8 Å². The lowest BCUT2D eigenvalue weighted by Gasteiger charge is -2.22. The van der Waals surface area contributed by atoms with Gasteiger partial charge in [-0.2, -0.15) is 0 Å². The van der Waals surface area contributed by atoms with Gasteiger partial charge in [-0.05, 0) is 12.8 Å². The quantitative estimate of drug-likeness (QED) is 0.464. The van der Waals surface area contributed by atoms with E-state index in [1.165, 1.54) is 4.90 Å². The largest absolute Gasteiger partial charge is 0.338 e. The van der Waals surface area contributed by atoms with E-state index in [-0.39, 0.29) is 17.5 Å². The summed E-state index contributed by atoms with van der Waals surface area (Å²) in [6.07, 6.45) is 3.32. The van der Waals surface area contributed by atoms with Crippen LogP contribution in [0.5, 0.6) is 0 Å². The van der Waals surface area contributed by atoms with Gasteiger partial charge in [-0.3, -0.25) is 0 Å². The molecule has 1 saturated heterocycles. The molecule has 22 heavy (non-hydrogen) atoms. The fourth-order valence-electron chi connectivity index (χ4n) is 2.57. The molecule has 1 aliphatic rings. The van der Waals surface area contributed by atoms with Crippen molar-refractivity contribution in [2.24, 2.45) is 0 Å². The van der Waals surface area contributed by atoms with Crippen LogP contribution in [-0.4, -0.2) is 34.2 Å². The zero-order valence-corrected chi connectivity index (χ0v) is 14.4. The summed E-state index contributed by atoms with van der Waals surface area (Å²) in [4.78, 5) is 16.0. The molecule has 1 aliphatic heterocycles. The lowest BCUT2D eigenvalue weighted by atomic mass is 9.92. The highest BCUT2D eigenvalue weighted by molar-refractivity contribution is 6.26. The van der Waals surface area contributed by atoms with Gasteiger partial charge in [-0.15, -0.1) is 6.58 Å². The number of halogens is 1. The summed E-state index contributed by atoms with van der Waals surface area (Å²) >= 11 is 6.53. The molecular formula is C16H24ClN3O2. The number of amides is 2. The molecule has 0 radical (unpaired) electrons. The van der Waals surface area contributed by atoms with Gasteiger partial charge in [-0.1, -0.05) is 50.5 Å². The number of hydrogen-bond acceptors (Lipinski definition) is 3. The van der Waals surface area contributed by atoms with Crippen molar-refractivity contribution in [2.75, 3.05) is 11.4 Å². The average Bonchev–Trinajstić information content (AvgIpc) is 2.98. The van der Waals surface area contributed by atoms with E-state index in [0.717, 1.165) is 12.1 Å². The van der Waals surface area contributed by atoms with E-state index in [1.807, 2.05) is 27.7 Å². The molecule has 0 spiro atoms. The Morgan fingerprint density at radius 2 is 2.18 bits per heavy atom. The van der Waals surface area contributed by atoms with Crippen molar-refractivity contribution in [3.63, 3.8) is 0 Å². The molecule has 2 rings (SSSR count). The van der Waals surface area contributed by atoms with Gasteiger partial charge < -0.3 is 9.42 Å². The molecular weight excluding hydrogens is 302 g/mol. The van der Waals surface area contributed by atoms with Gasteiger partial charge in [0.25, 0.3) is 0 Å². The van der Waals surface area contributed by atoms with Crippen LogP contribution in [0.25, 0.3) is 0 Å². The van der Waals surface area contributed by atoms with Gasteiger partial charge in [0.1, 0.15) is 5.50 Å². The molecule has 122 valence electrons. The average molecular weight is 326 g/mol. The van der Waals surface area contributed by atoms with Crippen LogP contribution in [0, 0.1) is 0 Å². The zero-order chi connectivity index (χ0) is 16.5. The van der Waals surface area contributed by atoms with Crippen LogP contribution in [-0.2, 0) is 5.41 Å². The third-order valence-corrected chi connectivity index (χ3v) is 4.28. The minimum Gasteiger partial charge on any atom is -0.338 e. The van der Waals surface area contributed by atoms with Crippen molar-refractivity contribution in [1.29, 1.82) is 0 Å². The smallest absolute Gasteiger partial charge is 0.328 e. The maximum absolute atomic E-state index is 12.7. The molecule has 0 N–H and O–H groups in total. The van der Waals surface area contributed by atoms with Crippen LogP contribution in [0.4, 0.5) is 10.7 Å². The highest BCUT2D eigenvalue weighted by Gasteiger charge is 2.46. The van der Waals surface area contributed by atoms with Crippen LogP contribution in [0.15, 0.2) is 23.2 Å². The second-order valence-corrected chi connectivity index (χ2v) is 7.06. The second-order valence-electron chi connectivity index (χ2n) is 6.61. The number of anilines is 1. The van der Waals surface area contributed by atoms with Gasteiger partial charge in [0.2, 0.25) is 5.88 Å². The van der Waals surface area contributed by atoms with E-state index in [9.17, 15) is 4.79 Å². The third-order valence-electron chi connectivity index (χ3n) is 3.79. The van der Waals surface area contributed by atoms with E-state index in [1.54, 1.807) is 17.0 Å². The molecule has 1 aromatic heterocycles. The van der Waals surface area contributed by atoms with Crippen molar-refractivity contribution in [3.05, 3.63) is 24.4 Å². The minimum absolute atomic E-state index is 0.102. The van der Waals surface area contributed by atoms with Crippen molar-refractivity contribution < 1.29 is 9.32 Å². The first-order valence-corrected chi connectivity index (χ1v) is 8.07. The molecule has 2 amide bonds. The number of urea groups is 1. The predicted molar refractivity (Wildman–Crippen MR) is 88.3 cm³/mol. The molecule has 2 atom stereocenters. The van der Waals surface area contributed by atoms with E-state index < -0.39 is 5.50 Å². The van der Waals surface area contributed by atoms with Crippen molar-refractivity contribution in [1.82, 2.24) is 10.1 Å². The minimum atomic E-state index is -0.488. The van der Waals surface area contributed by atoms with Gasteiger partial charge in [0.15, 0.2) is 0 Å². The number of carbonyl (C=O) groups is 1. The van der Waals surface area contributed by atoms with Gasteiger partial charge in [0, 0.05) is 18.0 Å². The summed E-state index contributed by atoms with van der Waals surface area (Å²) < 4.78 is 5.39. The lowest BCUT2D eigenvalue weighted by Crippen LogP contribution is -2.35. The topological polar surface area (TPSA) is 49.6 Å². The van der Waals surface area contributed by atoms with Gasteiger partial charge in [-0.25, -0.2) is 9.69 Å². The first-order chi connectivity index (χ1) is 10.3. The summed E-state index contributed by atoms with van der Waals surface area (Å²) in [5.41, 5.74) is 0.168. The maximum Gasteiger partial charge on any atom is 0.328 e. The number of nitrogens with zero attached hydrogens (tertiary/aromatic N) is 3. The maximum atomic E-state index is 12.7. The van der Waals surface area contributed by atoms with Crippen molar-refractivity contribution in [2.45, 2.75) is 57.5 Å². The zero-order valence-electron chi connectivity index (χ0n) is 13.7. The standard InChI is InChI=1S/C16H24ClN3O2/c1-6-8-11-14(17)20(15(21)19(11)9-7-2)13-10-12(18-22-13)16(3,4)5/h6,10-11,14H,1,7-9H2,2-5H3. The number of alkyl halides is 1. The third kappa shape index (κ3) is 3.00. The van der Waals surface area contributed by atoms with Crippen LogP contribution in [0.1, 0.15) is 46.2 Å². The van der Waals surface area contributed by atoms with E-state index in [4.69, 9.17) is 16.1 Å². The molecule has 2 heterocycles. The number of rotatable bonds is 5. The molecule has 0 saturated carbocycles. The number of aromatic nitrogens is 1. The molecule has 0 bridgehead atoms. The van der Waals surface area contributed by atoms with Crippen molar-refractivity contribution in [3.8, 4) is 0 Å². The Bertz CT molecular complexity index is 550. The molecule has 2 unspecified atom stereocenters. The molecule has 5 nitrogen and oxygen atoms in total. The Morgan fingerprint density at radius 3 is 2.68 bits per heavy atom. The summed E-state index contributed by atoms with van der Waals surface area (Å²) in [5.74, 6) is 0.405. The normalized spacial score (nSPS) is 22.5. The first kappa shape index (κ1) is 16.9. The number of hydrogen-bond donors (Lipinski definition) is 0. The monoisotopic (exact) mass is 325 g/mol. The first-order valence-electron chi connectivity index (χ1n) is 7.63. The molecule has 1 fully saturated rings. The summed E-state index contributed by atoms with van der Waals surface area (Å²) in [6, 6.07) is 1.56. The summed E-state index contributed by atoms with van der Waals surface area (Å²) in [6.45, 7) is 12.6. The fourth-order valence-corrected chi connectivity index (χ4v) is 2.99. The SMILES string of the molecule is C=CCC1C(Cl)N(c2cc(C(C)(C)C)no2)C(=O)N1CCC. The molecule has 0 aromatic carbocycles. The Labute approximate surface area is 136 Å². The van der Waals surface area contributed by atoms with Crippen LogP contribution >= 0.6 is 11.6 Å². The van der Waals surface area contributed by atoms with Crippen LogP contribution in [0.3, 0.4) is 0 Å². The second kappa shape index (κ2) is 6.32. The lowest BCUT2D eigenvalue weighted by molar-refractivity contribution is 0.205. The highest BCUT2D eigenvalue weighted by atomic mass is 35.5. The Hall–Kier alpha value is -1.49. The Balaban J connectivity index is 2.32. The fraction of sp³-hybridized carbons (Fsp3) is 0.625. The molecule has 0 aliphatic carbocycles. The Kier molecular flexibility index (Phi) is 4.85. The van der Waals surface area contributed by atoms with E-state index in [2.05, 4.69) is 11.7 Å². The predicted octanol–water partition coefficient (Wildman–Crippen LogP) is 4.13. The Morgan fingerprint density at radius 1 is 1.50 bits per heavy atom. The van der Waals surface area contributed by atoms with Crippen molar-refractivity contribution >= 4 is 23.5 Å². The van der Waals surface area contributed by atoms with Crippen LogP contribution < -0.4 is 4.90 Å². The van der Waals surface area contributed by atoms with Gasteiger partial charge in [0.05, 0.1) is 11.7 Å². The number of carbonyl (C=O) groups excluding carboxylic acids is 1. The molecule has 6 heteroatoms. The highest BCUT2D eigenvalue weighted by Crippen LogP contribution is 2.35.